The highest BCUT2D eigenvalue weighted by atomic mass is 16.4. The number of hydrogen-bond donors (Lipinski definition) is 3. The van der Waals surface area contributed by atoms with Crippen molar-refractivity contribution < 1.29 is 15.0 Å². The van der Waals surface area contributed by atoms with E-state index in [2.05, 4.69) is 10.1 Å². The Hall–Kier alpha value is -3.72. The van der Waals surface area contributed by atoms with Crippen molar-refractivity contribution in [1.29, 1.82) is 0 Å². The first kappa shape index (κ1) is 22.1. The van der Waals surface area contributed by atoms with Crippen molar-refractivity contribution in [2.24, 2.45) is 5.92 Å². The van der Waals surface area contributed by atoms with Gasteiger partial charge in [0.05, 0.1) is 11.9 Å². The van der Waals surface area contributed by atoms with Crippen molar-refractivity contribution in [1.82, 2.24) is 19.6 Å². The molecular formula is C25H26BN5O3. The van der Waals surface area contributed by atoms with E-state index in [9.17, 15) is 9.90 Å². The molecule has 5 rings (SSSR count). The van der Waals surface area contributed by atoms with Gasteiger partial charge < -0.3 is 15.9 Å². The predicted molar refractivity (Wildman–Crippen MR) is 133 cm³/mol. The lowest BCUT2D eigenvalue weighted by Crippen LogP contribution is -2.33. The monoisotopic (exact) mass is 455 g/mol. The van der Waals surface area contributed by atoms with Crippen LogP contribution in [-0.4, -0.2) is 49.7 Å². The van der Waals surface area contributed by atoms with Crippen LogP contribution < -0.4 is 11.2 Å². The van der Waals surface area contributed by atoms with E-state index in [-0.39, 0.29) is 11.8 Å². The fourth-order valence-corrected chi connectivity index (χ4v) is 4.96. The molecule has 0 saturated heterocycles. The number of benzene rings is 1. The number of anilines is 1. The van der Waals surface area contributed by atoms with Crippen LogP contribution in [0.4, 0.5) is 5.82 Å². The molecule has 0 aliphatic heterocycles. The zero-order valence-electron chi connectivity index (χ0n) is 18.9. The minimum Gasteiger partial charge on any atom is -0.479 e. The quantitative estimate of drug-likeness (QED) is 0.393. The molecule has 1 atom stereocenters. The number of nitrogens with two attached hydrogens (primary N) is 1. The second kappa shape index (κ2) is 8.91. The number of hydrogen-bond acceptors (Lipinski definition) is 6. The third kappa shape index (κ3) is 3.92. The summed E-state index contributed by atoms with van der Waals surface area (Å²) in [4.78, 5) is 20.8. The molecule has 1 unspecified atom stereocenters. The van der Waals surface area contributed by atoms with Crippen LogP contribution in [0.5, 0.6) is 0 Å². The van der Waals surface area contributed by atoms with Gasteiger partial charge in [-0.15, -0.1) is 0 Å². The summed E-state index contributed by atoms with van der Waals surface area (Å²) in [7, 11) is 1.95. The molecule has 9 heteroatoms. The Bertz CT molecular complexity index is 1330. The summed E-state index contributed by atoms with van der Waals surface area (Å²) < 4.78 is 1.67. The third-order valence-electron chi connectivity index (χ3n) is 6.97. The number of rotatable bonds is 5. The maximum absolute atomic E-state index is 11.1. The molecule has 0 bridgehead atoms. The van der Waals surface area contributed by atoms with Crippen LogP contribution in [0.15, 0.2) is 54.9 Å². The van der Waals surface area contributed by atoms with Gasteiger partial charge in [-0.2, -0.15) is 9.61 Å². The van der Waals surface area contributed by atoms with Gasteiger partial charge in [-0.25, -0.2) is 9.78 Å². The smallest absolute Gasteiger partial charge is 0.332 e. The van der Waals surface area contributed by atoms with Gasteiger partial charge in [-0.3, -0.25) is 4.98 Å². The number of fused-ring (bicyclic) bond motifs is 1. The average molecular weight is 455 g/mol. The largest absolute Gasteiger partial charge is 0.479 e. The lowest BCUT2D eigenvalue weighted by atomic mass is 9.75. The summed E-state index contributed by atoms with van der Waals surface area (Å²) in [6.07, 6.45) is 5.08. The van der Waals surface area contributed by atoms with Gasteiger partial charge in [-0.05, 0) is 43.1 Å². The number of nitrogen functional groups attached to an aromatic ring is 1. The number of aliphatic hydroxyl groups excluding tert-OH is 1. The summed E-state index contributed by atoms with van der Waals surface area (Å²) in [6, 6.07) is 14.0. The molecule has 0 radical (unpaired) electrons. The van der Waals surface area contributed by atoms with Crippen molar-refractivity contribution >= 4 is 30.7 Å². The van der Waals surface area contributed by atoms with Gasteiger partial charge in [0, 0.05) is 34.5 Å². The van der Waals surface area contributed by atoms with Crippen LogP contribution in [0.3, 0.4) is 0 Å². The Morgan fingerprint density at radius 3 is 2.44 bits per heavy atom. The van der Waals surface area contributed by atoms with Crippen LogP contribution in [0.2, 0.25) is 0 Å². The fourth-order valence-electron chi connectivity index (χ4n) is 4.96. The predicted octanol–water partition coefficient (Wildman–Crippen LogP) is 2.02. The molecule has 0 amide bonds. The van der Waals surface area contributed by atoms with Crippen LogP contribution in [0.1, 0.15) is 37.3 Å². The maximum atomic E-state index is 11.1. The van der Waals surface area contributed by atoms with Gasteiger partial charge in [0.15, 0.2) is 11.8 Å². The summed E-state index contributed by atoms with van der Waals surface area (Å²) in [5.74, 6) is -0.673. The van der Waals surface area contributed by atoms with Crippen LogP contribution in [0, 0.1) is 5.92 Å². The number of aromatic nitrogens is 4. The highest BCUT2D eigenvalue weighted by Gasteiger charge is 2.32. The Morgan fingerprint density at radius 2 is 1.79 bits per heavy atom. The summed E-state index contributed by atoms with van der Waals surface area (Å²) in [6.45, 7) is 0. The van der Waals surface area contributed by atoms with E-state index in [1.54, 1.807) is 10.7 Å². The van der Waals surface area contributed by atoms with Gasteiger partial charge >= 0.3 is 5.97 Å². The topological polar surface area (TPSA) is 127 Å². The first-order valence-corrected chi connectivity index (χ1v) is 11.5. The highest BCUT2D eigenvalue weighted by molar-refractivity contribution is 6.36. The van der Waals surface area contributed by atoms with Crippen molar-refractivity contribution in [3.8, 4) is 22.4 Å². The standard InChI is InChI=1S/C25H26BN5O3/c26-20-21(15-6-8-16(9-7-15)22(32)25(33)34)30-24-18(13-29-31(24)23(20)27)17-10-11-19(28-12-17)14-4-2-1-3-5-14/h1-5,10-13,15-16,22,32H,6-9,26-27H2,(H,33,34)/t15-,16-,22?. The van der Waals surface area contributed by atoms with E-state index in [0.717, 1.165) is 46.4 Å². The first-order chi connectivity index (χ1) is 16.4. The molecule has 1 saturated carbocycles. The molecule has 3 heterocycles. The van der Waals surface area contributed by atoms with E-state index in [1.807, 2.05) is 56.5 Å². The Morgan fingerprint density at radius 1 is 1.06 bits per heavy atom. The van der Waals surface area contributed by atoms with Gasteiger partial charge in [0.25, 0.3) is 0 Å². The fraction of sp³-hybridized carbons (Fsp3) is 0.280. The molecule has 172 valence electrons. The maximum Gasteiger partial charge on any atom is 0.332 e. The second-order valence-corrected chi connectivity index (χ2v) is 8.99. The van der Waals surface area contributed by atoms with Crippen molar-refractivity contribution in [3.63, 3.8) is 0 Å². The molecule has 8 nitrogen and oxygen atoms in total. The van der Waals surface area contributed by atoms with Crippen molar-refractivity contribution in [2.75, 3.05) is 5.73 Å². The molecule has 1 fully saturated rings. The highest BCUT2D eigenvalue weighted by Crippen LogP contribution is 2.37. The van der Waals surface area contributed by atoms with E-state index in [4.69, 9.17) is 15.8 Å². The molecule has 1 aromatic carbocycles. The van der Waals surface area contributed by atoms with E-state index >= 15 is 0 Å². The third-order valence-corrected chi connectivity index (χ3v) is 6.97. The molecule has 1 aliphatic rings. The number of carboxylic acids is 1. The van der Waals surface area contributed by atoms with Crippen molar-refractivity contribution in [3.05, 3.63) is 60.6 Å². The Balaban J connectivity index is 1.46. The number of aliphatic carboxylic acids is 1. The van der Waals surface area contributed by atoms with Crippen LogP contribution in [-0.2, 0) is 4.79 Å². The van der Waals surface area contributed by atoms with E-state index < -0.39 is 12.1 Å². The molecule has 34 heavy (non-hydrogen) atoms. The zero-order chi connectivity index (χ0) is 23.8. The Kier molecular flexibility index (Phi) is 5.79. The minimum atomic E-state index is -1.31. The number of pyridine rings is 1. The Labute approximate surface area is 197 Å². The summed E-state index contributed by atoms with van der Waals surface area (Å²) in [5, 5.41) is 23.5. The number of carboxylic acid groups (broad SMARTS) is 1. The molecule has 0 spiro atoms. The average Bonchev–Trinajstić information content (AvgIpc) is 3.30. The normalized spacial score (nSPS) is 19.2. The van der Waals surface area contributed by atoms with E-state index in [0.29, 0.717) is 24.3 Å². The molecule has 4 aromatic rings. The van der Waals surface area contributed by atoms with Gasteiger partial charge in [-0.1, -0.05) is 36.4 Å². The van der Waals surface area contributed by atoms with E-state index in [1.165, 1.54) is 0 Å². The number of aliphatic hydroxyl groups is 1. The first-order valence-electron chi connectivity index (χ1n) is 11.5. The SMILES string of the molecule is Bc1c(N)n2ncc(-c3ccc(-c4ccccc4)nc3)c2nc1[C@H]1CC[C@H](C(O)C(=O)O)CC1. The minimum absolute atomic E-state index is 0.158. The zero-order valence-corrected chi connectivity index (χ0v) is 18.9. The molecular weight excluding hydrogens is 429 g/mol. The number of carbonyl (C=O) groups is 1. The molecule has 3 aromatic heterocycles. The lowest BCUT2D eigenvalue weighted by Gasteiger charge is -2.30. The van der Waals surface area contributed by atoms with Gasteiger partial charge in [0.2, 0.25) is 0 Å². The molecule has 1 aliphatic carbocycles. The van der Waals surface area contributed by atoms with Crippen molar-refractivity contribution in [2.45, 2.75) is 37.7 Å². The van der Waals surface area contributed by atoms with Crippen LogP contribution >= 0.6 is 0 Å². The summed E-state index contributed by atoms with van der Waals surface area (Å²) in [5.41, 5.74) is 12.7. The second-order valence-electron chi connectivity index (χ2n) is 8.99. The lowest BCUT2D eigenvalue weighted by molar-refractivity contribution is -0.150. The van der Waals surface area contributed by atoms with Gasteiger partial charge in [0.1, 0.15) is 13.7 Å². The van der Waals surface area contributed by atoms with Crippen LogP contribution in [0.25, 0.3) is 28.0 Å². The molecule has 4 N–H and O–H groups in total. The summed E-state index contributed by atoms with van der Waals surface area (Å²) >= 11 is 0. The number of nitrogens with zero attached hydrogens (tertiary/aromatic N) is 4.